The van der Waals surface area contributed by atoms with Gasteiger partial charge in [-0.1, -0.05) is 127 Å². The van der Waals surface area contributed by atoms with E-state index in [1.54, 1.807) is 6.07 Å². The molecule has 8 aromatic carbocycles. The molecule has 2 heterocycles. The molecule has 0 spiro atoms. The summed E-state index contributed by atoms with van der Waals surface area (Å²) in [5.74, 6) is 0. The zero-order valence-corrected chi connectivity index (χ0v) is 29.1. The molecule has 0 bridgehead atoms. The van der Waals surface area contributed by atoms with Gasteiger partial charge in [-0.25, -0.2) is 4.85 Å². The second kappa shape index (κ2) is 12.5. The van der Waals surface area contributed by atoms with Crippen molar-refractivity contribution in [1.29, 1.82) is 5.26 Å². The zero-order chi connectivity index (χ0) is 36.2. The van der Waals surface area contributed by atoms with Gasteiger partial charge in [-0.3, -0.25) is 0 Å². The number of hydrogen-bond acceptors (Lipinski definition) is 1. The highest BCUT2D eigenvalue weighted by molar-refractivity contribution is 6.15. The fourth-order valence-electron chi connectivity index (χ4n) is 8.13. The topological polar surface area (TPSA) is 38.0 Å². The molecule has 0 aliphatic carbocycles. The summed E-state index contributed by atoms with van der Waals surface area (Å²) in [6.07, 6.45) is 0. The third-order valence-electron chi connectivity index (χ3n) is 10.6. The van der Waals surface area contributed by atoms with Crippen molar-refractivity contribution in [2.45, 2.75) is 0 Å². The second-order valence-electron chi connectivity index (χ2n) is 13.5. The predicted octanol–water partition coefficient (Wildman–Crippen LogP) is 13.3. The lowest BCUT2D eigenvalue weighted by molar-refractivity contribution is 1.17. The summed E-state index contributed by atoms with van der Waals surface area (Å²) in [4.78, 5) is 3.97. The van der Waals surface area contributed by atoms with Crippen LogP contribution >= 0.6 is 0 Å². The number of benzene rings is 8. The van der Waals surface area contributed by atoms with Gasteiger partial charge in [0.2, 0.25) is 5.69 Å². The highest BCUT2D eigenvalue weighted by Crippen LogP contribution is 2.45. The van der Waals surface area contributed by atoms with E-state index >= 15 is 0 Å². The Balaban J connectivity index is 1.37. The molecule has 0 radical (unpaired) electrons. The largest absolute Gasteiger partial charge is 0.309 e. The first-order valence-electron chi connectivity index (χ1n) is 17.9. The molecule has 10 aromatic rings. The molecule has 0 aliphatic rings. The Morgan fingerprint density at radius 2 is 0.981 bits per heavy atom. The van der Waals surface area contributed by atoms with E-state index in [-0.39, 0.29) is 0 Å². The van der Waals surface area contributed by atoms with E-state index in [2.05, 4.69) is 166 Å². The molecular weight excluding hydrogens is 657 g/mol. The SMILES string of the molecule is [C-]#[N+]c1c(C#N)cccc1-c1cc2c(cc1-n1c3ccc(-c4ccccc4)cc3c3cc(-c4ccccc4)ccc31)c1ccccc1n2-c1ccccc1. The van der Waals surface area contributed by atoms with Gasteiger partial charge >= 0.3 is 0 Å². The standard InChI is InChI=1S/C50H30N4/c1-52-50-37(32-51)18-13-22-40(50)44-31-48-43(39-21-11-12-23-45(39)53(48)38-19-9-4-10-20-38)30-49(44)54-46-26-24-35(33-14-5-2-6-15-33)28-41(46)42-29-36(25-27-47(42)54)34-16-7-3-8-17-34/h2-31H. The van der Waals surface area contributed by atoms with E-state index in [9.17, 15) is 5.26 Å². The summed E-state index contributed by atoms with van der Waals surface area (Å²) in [7, 11) is 0. The van der Waals surface area contributed by atoms with Gasteiger partial charge in [0.05, 0.1) is 46.0 Å². The van der Waals surface area contributed by atoms with Gasteiger partial charge in [0.1, 0.15) is 0 Å². The summed E-state index contributed by atoms with van der Waals surface area (Å²) in [5.41, 5.74) is 13.2. The first kappa shape index (κ1) is 31.1. The lowest BCUT2D eigenvalue weighted by Crippen LogP contribution is -2.00. The van der Waals surface area contributed by atoms with E-state index in [4.69, 9.17) is 6.57 Å². The minimum absolute atomic E-state index is 0.349. The number of fused-ring (bicyclic) bond motifs is 6. The molecule has 0 unspecified atom stereocenters. The third-order valence-corrected chi connectivity index (χ3v) is 10.6. The first-order valence-corrected chi connectivity index (χ1v) is 17.9. The quantitative estimate of drug-likeness (QED) is 0.166. The lowest BCUT2D eigenvalue weighted by atomic mass is 9.97. The minimum Gasteiger partial charge on any atom is -0.309 e. The molecule has 0 amide bonds. The molecule has 10 rings (SSSR count). The van der Waals surface area contributed by atoms with Crippen LogP contribution in [0.3, 0.4) is 0 Å². The van der Waals surface area contributed by atoms with E-state index in [0.29, 0.717) is 11.3 Å². The van der Waals surface area contributed by atoms with Crippen molar-refractivity contribution in [2.75, 3.05) is 0 Å². The Kier molecular flexibility index (Phi) is 7.22. The molecule has 0 aliphatic heterocycles. The molecule has 250 valence electrons. The second-order valence-corrected chi connectivity index (χ2v) is 13.5. The smallest absolute Gasteiger partial charge is 0.212 e. The van der Waals surface area contributed by atoms with Gasteiger partial charge in [0.15, 0.2) is 0 Å². The number of aromatic nitrogens is 2. The number of nitriles is 1. The van der Waals surface area contributed by atoms with Gasteiger partial charge in [-0.05, 0) is 88.0 Å². The van der Waals surface area contributed by atoms with Crippen LogP contribution < -0.4 is 0 Å². The Morgan fingerprint density at radius 1 is 0.426 bits per heavy atom. The number of rotatable bonds is 5. The molecule has 0 saturated heterocycles. The summed E-state index contributed by atoms with van der Waals surface area (Å²) < 4.78 is 4.65. The summed E-state index contributed by atoms with van der Waals surface area (Å²) >= 11 is 0. The van der Waals surface area contributed by atoms with Crippen LogP contribution in [0.2, 0.25) is 0 Å². The lowest BCUT2D eigenvalue weighted by Gasteiger charge is -2.17. The zero-order valence-electron chi connectivity index (χ0n) is 29.1. The average Bonchev–Trinajstić information content (AvgIpc) is 3.75. The fraction of sp³-hybridized carbons (Fsp3) is 0. The maximum Gasteiger partial charge on any atom is 0.212 e. The van der Waals surface area contributed by atoms with Gasteiger partial charge in [-0.2, -0.15) is 5.26 Å². The summed E-state index contributed by atoms with van der Waals surface area (Å²) in [5, 5.41) is 14.7. The monoisotopic (exact) mass is 686 g/mol. The van der Waals surface area contributed by atoms with Gasteiger partial charge in [-0.15, -0.1) is 0 Å². The van der Waals surface area contributed by atoms with E-state index < -0.39 is 0 Å². The van der Waals surface area contributed by atoms with Crippen LogP contribution in [0.15, 0.2) is 182 Å². The van der Waals surface area contributed by atoms with Crippen LogP contribution in [-0.2, 0) is 0 Å². The van der Waals surface area contributed by atoms with E-state index in [1.807, 2.05) is 30.3 Å². The highest BCUT2D eigenvalue weighted by atomic mass is 15.0. The Bertz CT molecular complexity index is 3060. The maximum absolute atomic E-state index is 10.2. The molecular formula is C50H30N4. The van der Waals surface area contributed by atoms with Crippen molar-refractivity contribution in [3.8, 4) is 50.8 Å². The van der Waals surface area contributed by atoms with Crippen LogP contribution in [0.25, 0.3) is 93.2 Å². The number of para-hydroxylation sites is 3. The normalized spacial score (nSPS) is 11.3. The van der Waals surface area contributed by atoms with Crippen LogP contribution in [0.5, 0.6) is 0 Å². The van der Waals surface area contributed by atoms with Crippen molar-refractivity contribution < 1.29 is 0 Å². The summed E-state index contributed by atoms with van der Waals surface area (Å²) in [6.45, 7) is 8.29. The van der Waals surface area contributed by atoms with Crippen LogP contribution in [0, 0.1) is 17.9 Å². The van der Waals surface area contributed by atoms with Crippen molar-refractivity contribution >= 4 is 49.3 Å². The van der Waals surface area contributed by atoms with Crippen LogP contribution in [0.4, 0.5) is 5.69 Å². The number of hydrogen-bond donors (Lipinski definition) is 0. The summed E-state index contributed by atoms with van der Waals surface area (Å²) in [6, 6.07) is 65.8. The van der Waals surface area contributed by atoms with Crippen molar-refractivity contribution in [3.05, 3.63) is 199 Å². The first-order chi connectivity index (χ1) is 26.7. The Hall–Kier alpha value is -7.66. The average molecular weight is 687 g/mol. The molecule has 0 N–H and O–H groups in total. The third kappa shape index (κ3) is 4.83. The molecule has 0 atom stereocenters. The van der Waals surface area contributed by atoms with Crippen molar-refractivity contribution in [3.63, 3.8) is 0 Å². The molecule has 4 nitrogen and oxygen atoms in total. The van der Waals surface area contributed by atoms with E-state index in [1.165, 1.54) is 0 Å². The highest BCUT2D eigenvalue weighted by Gasteiger charge is 2.23. The van der Waals surface area contributed by atoms with E-state index in [0.717, 1.165) is 88.4 Å². The van der Waals surface area contributed by atoms with Crippen LogP contribution in [-0.4, -0.2) is 9.13 Å². The number of nitrogens with zero attached hydrogens (tertiary/aromatic N) is 4. The fourth-order valence-corrected chi connectivity index (χ4v) is 8.13. The van der Waals surface area contributed by atoms with Crippen molar-refractivity contribution in [1.82, 2.24) is 9.13 Å². The maximum atomic E-state index is 10.2. The predicted molar refractivity (Wildman–Crippen MR) is 222 cm³/mol. The minimum atomic E-state index is 0.349. The molecule has 4 heteroatoms. The molecule has 2 aromatic heterocycles. The van der Waals surface area contributed by atoms with Crippen molar-refractivity contribution in [2.24, 2.45) is 0 Å². The van der Waals surface area contributed by atoms with Gasteiger partial charge in [0.25, 0.3) is 0 Å². The van der Waals surface area contributed by atoms with Gasteiger partial charge < -0.3 is 9.13 Å². The molecule has 54 heavy (non-hydrogen) atoms. The Labute approximate surface area is 312 Å². The molecule has 0 saturated carbocycles. The van der Waals surface area contributed by atoms with Gasteiger partial charge in [0, 0.05) is 27.2 Å². The Morgan fingerprint density at radius 3 is 1.59 bits per heavy atom. The van der Waals surface area contributed by atoms with Crippen LogP contribution in [0.1, 0.15) is 5.56 Å². The molecule has 0 fully saturated rings.